The molecule has 0 saturated heterocycles. The highest BCUT2D eigenvalue weighted by Gasteiger charge is 2.42. The molecule has 18 heavy (non-hydrogen) atoms. The second-order valence-electron chi connectivity index (χ2n) is 3.27. The smallest absolute Gasteiger partial charge is 0.323 e. The third kappa shape index (κ3) is 2.17. The molecule has 0 N–H and O–H groups in total. The molecule has 2 rings (SSSR count). The lowest BCUT2D eigenvalue weighted by Gasteiger charge is -2.09. The number of nitrogens with zero attached hydrogens (tertiary/aromatic N) is 2. The van der Waals surface area contributed by atoms with E-state index in [1.54, 1.807) is 6.07 Å². The Kier molecular flexibility index (Phi) is 2.77. The van der Waals surface area contributed by atoms with E-state index in [0.717, 1.165) is 0 Å². The number of carbonyl (C=O) groups excluding carboxylic acids is 1. The van der Waals surface area contributed by atoms with E-state index < -0.39 is 17.8 Å². The summed E-state index contributed by atoms with van der Waals surface area (Å²) in [5.74, 6) is -2.48. The Morgan fingerprint density at radius 2 is 1.94 bits per heavy atom. The largest absolute Gasteiger partial charge is 0.493 e. The summed E-state index contributed by atoms with van der Waals surface area (Å²) in [7, 11) is 0. The maximum Gasteiger partial charge on any atom is 0.493 e. The normalized spacial score (nSPS) is 11.5. The van der Waals surface area contributed by atoms with Crippen LogP contribution in [0.4, 0.5) is 13.2 Å². The molecule has 0 unspecified atom stereocenters. The fourth-order valence-electron chi connectivity index (χ4n) is 1.28. The zero-order chi connectivity index (χ0) is 13.3. The molecule has 8 heteroatoms. The minimum atomic E-state index is -5.18. The van der Waals surface area contributed by atoms with Crippen molar-refractivity contribution < 1.29 is 22.8 Å². The Bertz CT molecular complexity index is 663. The van der Waals surface area contributed by atoms with E-state index >= 15 is 0 Å². The van der Waals surface area contributed by atoms with E-state index in [-0.39, 0.29) is 10.2 Å². The van der Waals surface area contributed by atoms with Crippen molar-refractivity contribution >= 4 is 16.9 Å². The molecule has 94 valence electrons. The molecule has 1 heterocycles. The Morgan fingerprint density at radius 3 is 2.61 bits per heavy atom. The number of para-hydroxylation sites is 1. The maximum atomic E-state index is 12.1. The number of halogens is 3. The standard InChI is InChI=1S/C10H5F3N2O3/c11-10(12,13)8(16)18-15-7-4-2-1-3-6(7)5-14-9(15)17/h1-5H. The van der Waals surface area contributed by atoms with Gasteiger partial charge in [-0.3, -0.25) is 0 Å². The van der Waals surface area contributed by atoms with Crippen LogP contribution in [-0.2, 0) is 4.79 Å². The van der Waals surface area contributed by atoms with Gasteiger partial charge in [-0.05, 0) is 6.07 Å². The number of carbonyl (C=O) groups is 1. The third-order valence-corrected chi connectivity index (χ3v) is 2.05. The minimum absolute atomic E-state index is 0.0232. The van der Waals surface area contributed by atoms with Crippen molar-refractivity contribution in [3.05, 3.63) is 40.9 Å². The molecular formula is C10H5F3N2O3. The Balaban J connectivity index is 2.54. The molecule has 0 spiro atoms. The molecule has 0 fully saturated rings. The SMILES string of the molecule is O=C(On1c(=O)ncc2ccccc21)C(F)(F)F. The average molecular weight is 258 g/mol. The second-order valence-corrected chi connectivity index (χ2v) is 3.27. The average Bonchev–Trinajstić information content (AvgIpc) is 2.31. The zero-order valence-electron chi connectivity index (χ0n) is 8.64. The van der Waals surface area contributed by atoms with Gasteiger partial charge in [-0.1, -0.05) is 18.2 Å². The highest BCUT2D eigenvalue weighted by molar-refractivity contribution is 5.80. The third-order valence-electron chi connectivity index (χ3n) is 2.05. The van der Waals surface area contributed by atoms with Crippen molar-refractivity contribution in [2.45, 2.75) is 6.18 Å². The molecule has 2 aromatic rings. The number of aromatic nitrogens is 2. The molecule has 0 saturated carbocycles. The summed E-state index contributed by atoms with van der Waals surface area (Å²) in [5, 5.41) is 0.368. The van der Waals surface area contributed by atoms with Crippen molar-refractivity contribution in [2.75, 3.05) is 0 Å². The second kappa shape index (κ2) is 4.13. The number of fused-ring (bicyclic) bond motifs is 1. The highest BCUT2D eigenvalue weighted by atomic mass is 19.4. The molecule has 0 amide bonds. The van der Waals surface area contributed by atoms with E-state index in [1.807, 2.05) is 0 Å². The van der Waals surface area contributed by atoms with Crippen molar-refractivity contribution in [3.63, 3.8) is 0 Å². The predicted octanol–water partition coefficient (Wildman–Crippen LogP) is 0.914. The van der Waals surface area contributed by atoms with Gasteiger partial charge in [0.05, 0.1) is 5.52 Å². The number of alkyl halides is 3. The summed E-state index contributed by atoms with van der Waals surface area (Å²) in [5.41, 5.74) is -1.08. The van der Waals surface area contributed by atoms with Crippen LogP contribution in [0.25, 0.3) is 10.9 Å². The molecule has 0 aliphatic rings. The first kappa shape index (κ1) is 12.1. The van der Waals surface area contributed by atoms with Crippen LogP contribution in [0, 0.1) is 0 Å². The van der Waals surface area contributed by atoms with Gasteiger partial charge in [0, 0.05) is 11.6 Å². The summed E-state index contributed by atoms with van der Waals surface area (Å²) in [6.45, 7) is 0. The number of hydrogen-bond acceptors (Lipinski definition) is 4. The van der Waals surface area contributed by atoms with Gasteiger partial charge in [-0.15, -0.1) is 4.73 Å². The first-order chi connectivity index (χ1) is 8.39. The first-order valence-corrected chi connectivity index (χ1v) is 4.66. The highest BCUT2D eigenvalue weighted by Crippen LogP contribution is 2.16. The lowest BCUT2D eigenvalue weighted by Crippen LogP contribution is -2.39. The number of rotatable bonds is 1. The van der Waals surface area contributed by atoms with E-state index in [0.29, 0.717) is 5.39 Å². The van der Waals surface area contributed by atoms with Crippen LogP contribution in [0.2, 0.25) is 0 Å². The molecule has 0 radical (unpaired) electrons. The predicted molar refractivity (Wildman–Crippen MR) is 53.6 cm³/mol. The molecule has 5 nitrogen and oxygen atoms in total. The quantitative estimate of drug-likeness (QED) is 0.762. The Morgan fingerprint density at radius 1 is 1.28 bits per heavy atom. The van der Waals surface area contributed by atoms with Crippen molar-refractivity contribution in [2.24, 2.45) is 0 Å². The van der Waals surface area contributed by atoms with E-state index in [1.165, 1.54) is 24.4 Å². The van der Waals surface area contributed by atoms with Crippen LogP contribution in [0.1, 0.15) is 0 Å². The summed E-state index contributed by atoms with van der Waals surface area (Å²) in [4.78, 5) is 29.3. The number of benzene rings is 1. The molecule has 0 aliphatic carbocycles. The van der Waals surface area contributed by atoms with E-state index in [9.17, 15) is 22.8 Å². The van der Waals surface area contributed by atoms with Gasteiger partial charge in [0.25, 0.3) is 0 Å². The van der Waals surface area contributed by atoms with Gasteiger partial charge >= 0.3 is 17.8 Å². The summed E-state index contributed by atoms with van der Waals surface area (Å²) in [6, 6.07) is 5.94. The molecular weight excluding hydrogens is 253 g/mol. The van der Waals surface area contributed by atoms with Gasteiger partial charge in [-0.2, -0.15) is 18.2 Å². The fourth-order valence-corrected chi connectivity index (χ4v) is 1.28. The lowest BCUT2D eigenvalue weighted by molar-refractivity contribution is -0.199. The lowest BCUT2D eigenvalue weighted by atomic mass is 10.2. The van der Waals surface area contributed by atoms with Crippen molar-refractivity contribution in [1.82, 2.24) is 9.71 Å². The number of hydrogen-bond donors (Lipinski definition) is 0. The van der Waals surface area contributed by atoms with E-state index in [2.05, 4.69) is 9.82 Å². The van der Waals surface area contributed by atoms with Crippen LogP contribution in [0.5, 0.6) is 0 Å². The van der Waals surface area contributed by atoms with Gasteiger partial charge < -0.3 is 4.84 Å². The van der Waals surface area contributed by atoms with Gasteiger partial charge in [0.15, 0.2) is 0 Å². The van der Waals surface area contributed by atoms with Crippen LogP contribution in [0.3, 0.4) is 0 Å². The maximum absolute atomic E-state index is 12.1. The summed E-state index contributed by atoms with van der Waals surface area (Å²) < 4.78 is 36.4. The summed E-state index contributed by atoms with van der Waals surface area (Å²) >= 11 is 0. The van der Waals surface area contributed by atoms with Crippen molar-refractivity contribution in [3.8, 4) is 0 Å². The van der Waals surface area contributed by atoms with Crippen LogP contribution >= 0.6 is 0 Å². The van der Waals surface area contributed by atoms with Gasteiger partial charge in [0.1, 0.15) is 0 Å². The topological polar surface area (TPSA) is 61.2 Å². The Labute approximate surface area is 97.4 Å². The zero-order valence-corrected chi connectivity index (χ0v) is 8.64. The molecule has 0 aliphatic heterocycles. The van der Waals surface area contributed by atoms with Crippen LogP contribution in [-0.4, -0.2) is 21.9 Å². The molecule has 1 aromatic heterocycles. The van der Waals surface area contributed by atoms with Crippen molar-refractivity contribution in [1.29, 1.82) is 0 Å². The molecule has 0 atom stereocenters. The first-order valence-electron chi connectivity index (χ1n) is 4.66. The van der Waals surface area contributed by atoms with E-state index in [4.69, 9.17) is 0 Å². The Hall–Kier alpha value is -2.38. The van der Waals surface area contributed by atoms with Crippen LogP contribution < -0.4 is 10.5 Å². The molecule has 0 bridgehead atoms. The monoisotopic (exact) mass is 258 g/mol. The molecule has 1 aromatic carbocycles. The minimum Gasteiger partial charge on any atom is -0.323 e. The van der Waals surface area contributed by atoms with Crippen LogP contribution in [0.15, 0.2) is 35.3 Å². The van der Waals surface area contributed by atoms with Gasteiger partial charge in [0.2, 0.25) is 0 Å². The van der Waals surface area contributed by atoms with Gasteiger partial charge in [-0.25, -0.2) is 9.59 Å². The summed E-state index contributed by atoms with van der Waals surface area (Å²) in [6.07, 6.45) is -4.01. The fraction of sp³-hybridized carbons (Fsp3) is 0.100.